The zero-order chi connectivity index (χ0) is 24.0. The fraction of sp³-hybridized carbons (Fsp3) is 0.423. The molecular weight excluding hydrogens is 420 g/mol. The molecule has 1 aliphatic heterocycles. The Hall–Kier alpha value is -3.35. The first kappa shape index (κ1) is 22.8. The minimum atomic E-state index is -1.23. The maximum Gasteiger partial charge on any atom is 0.408 e. The number of carbonyl (C=O) groups excluding carboxylic acids is 2. The Kier molecular flexibility index (Phi) is 5.68. The van der Waals surface area contributed by atoms with E-state index in [0.29, 0.717) is 6.54 Å². The lowest BCUT2D eigenvalue weighted by molar-refractivity contribution is -0.149. The van der Waals surface area contributed by atoms with Crippen LogP contribution in [0.2, 0.25) is 0 Å². The fourth-order valence-electron chi connectivity index (χ4n) is 4.92. The summed E-state index contributed by atoms with van der Waals surface area (Å²) in [6.45, 7) is 7.29. The first-order valence-corrected chi connectivity index (χ1v) is 11.2. The molecule has 0 unspecified atom stereocenters. The molecule has 2 aromatic rings. The number of ether oxygens (including phenoxy) is 1. The normalized spacial score (nSPS) is 21.9. The van der Waals surface area contributed by atoms with Gasteiger partial charge in [-0.3, -0.25) is 9.59 Å². The molecule has 4 rings (SSSR count). The molecule has 2 aromatic carbocycles. The number of likely N-dealkylation sites (tertiary alicyclic amines) is 1. The van der Waals surface area contributed by atoms with Gasteiger partial charge in [0.1, 0.15) is 12.1 Å². The zero-order valence-electron chi connectivity index (χ0n) is 19.4. The highest BCUT2D eigenvalue weighted by Crippen LogP contribution is 2.44. The Balaban J connectivity index is 1.41. The standard InChI is InChI=1S/C26H30N2O5/c1-16-13-28(15-26(16,4)23(30)31)22(29)25(2,3)27-24(32)33-14-21-19-11-7-5-9-17(19)18-10-6-8-12-20(18)21/h5-12,16,21H,13-15H2,1-4H3,(H,27,32)(H,30,31)/t16-,26-/m0/s1. The number of aliphatic carboxylic acids is 1. The molecule has 0 spiro atoms. The number of amides is 2. The van der Waals surface area contributed by atoms with Gasteiger partial charge >= 0.3 is 12.1 Å². The highest BCUT2D eigenvalue weighted by atomic mass is 16.5. The van der Waals surface area contributed by atoms with E-state index in [0.717, 1.165) is 22.3 Å². The molecule has 1 fully saturated rings. The Morgan fingerprint density at radius 1 is 1.09 bits per heavy atom. The fourth-order valence-corrected chi connectivity index (χ4v) is 4.92. The van der Waals surface area contributed by atoms with Crippen molar-refractivity contribution in [2.24, 2.45) is 11.3 Å². The zero-order valence-corrected chi connectivity index (χ0v) is 19.4. The predicted octanol–water partition coefficient (Wildman–Crippen LogP) is 3.87. The molecule has 0 radical (unpaired) electrons. The number of carboxylic acid groups (broad SMARTS) is 1. The van der Waals surface area contributed by atoms with Gasteiger partial charge in [-0.1, -0.05) is 55.5 Å². The second-order valence-corrected chi connectivity index (χ2v) is 9.88. The smallest absolute Gasteiger partial charge is 0.408 e. The van der Waals surface area contributed by atoms with Crippen LogP contribution in [-0.4, -0.2) is 53.2 Å². The molecule has 1 heterocycles. The van der Waals surface area contributed by atoms with Crippen molar-refractivity contribution in [1.82, 2.24) is 10.2 Å². The van der Waals surface area contributed by atoms with Crippen LogP contribution in [0.3, 0.4) is 0 Å². The Bertz CT molecular complexity index is 1070. The van der Waals surface area contributed by atoms with Crippen molar-refractivity contribution >= 4 is 18.0 Å². The highest BCUT2D eigenvalue weighted by molar-refractivity contribution is 5.90. The number of alkyl carbamates (subject to hydrolysis) is 1. The molecule has 2 amide bonds. The van der Waals surface area contributed by atoms with E-state index in [4.69, 9.17) is 4.74 Å². The van der Waals surface area contributed by atoms with Gasteiger partial charge in [0.15, 0.2) is 0 Å². The lowest BCUT2D eigenvalue weighted by Crippen LogP contribution is -2.56. The maximum absolute atomic E-state index is 13.1. The second kappa shape index (κ2) is 8.21. The molecule has 2 aliphatic rings. The van der Waals surface area contributed by atoms with Crippen LogP contribution in [0.4, 0.5) is 4.79 Å². The van der Waals surface area contributed by atoms with Crippen molar-refractivity contribution in [2.75, 3.05) is 19.7 Å². The molecule has 1 aliphatic carbocycles. The van der Waals surface area contributed by atoms with Crippen molar-refractivity contribution in [2.45, 2.75) is 39.2 Å². The van der Waals surface area contributed by atoms with Gasteiger partial charge in [0, 0.05) is 19.0 Å². The largest absolute Gasteiger partial charge is 0.481 e. The number of carboxylic acids is 1. The average molecular weight is 451 g/mol. The Morgan fingerprint density at radius 3 is 2.15 bits per heavy atom. The minimum Gasteiger partial charge on any atom is -0.481 e. The maximum atomic E-state index is 13.1. The van der Waals surface area contributed by atoms with Crippen LogP contribution < -0.4 is 5.32 Å². The summed E-state index contributed by atoms with van der Waals surface area (Å²) >= 11 is 0. The van der Waals surface area contributed by atoms with Gasteiger partial charge < -0.3 is 20.1 Å². The molecular formula is C26H30N2O5. The molecule has 2 N–H and O–H groups in total. The van der Waals surface area contributed by atoms with Crippen LogP contribution in [-0.2, 0) is 14.3 Å². The molecule has 7 nitrogen and oxygen atoms in total. The number of carbonyl (C=O) groups is 3. The van der Waals surface area contributed by atoms with Gasteiger partial charge in [-0.25, -0.2) is 4.79 Å². The number of fused-ring (bicyclic) bond motifs is 3. The van der Waals surface area contributed by atoms with Crippen LogP contribution in [0, 0.1) is 11.3 Å². The first-order valence-electron chi connectivity index (χ1n) is 11.2. The predicted molar refractivity (Wildman–Crippen MR) is 124 cm³/mol. The quantitative estimate of drug-likeness (QED) is 0.721. The van der Waals surface area contributed by atoms with E-state index >= 15 is 0 Å². The van der Waals surface area contributed by atoms with E-state index in [2.05, 4.69) is 17.4 Å². The summed E-state index contributed by atoms with van der Waals surface area (Å²) in [6.07, 6.45) is -0.677. The van der Waals surface area contributed by atoms with E-state index in [1.54, 1.807) is 20.8 Å². The van der Waals surface area contributed by atoms with Crippen LogP contribution in [0.1, 0.15) is 44.7 Å². The van der Waals surface area contributed by atoms with Crippen molar-refractivity contribution in [3.8, 4) is 11.1 Å². The lowest BCUT2D eigenvalue weighted by Gasteiger charge is -2.30. The Morgan fingerprint density at radius 2 is 1.64 bits per heavy atom. The van der Waals surface area contributed by atoms with Crippen molar-refractivity contribution in [3.63, 3.8) is 0 Å². The molecule has 0 saturated carbocycles. The summed E-state index contributed by atoms with van der Waals surface area (Å²) < 4.78 is 5.57. The summed E-state index contributed by atoms with van der Waals surface area (Å²) in [6, 6.07) is 16.2. The third-order valence-electron chi connectivity index (χ3n) is 7.17. The number of hydrogen-bond donors (Lipinski definition) is 2. The summed E-state index contributed by atoms with van der Waals surface area (Å²) in [5.74, 6) is -1.51. The van der Waals surface area contributed by atoms with Gasteiger partial charge in [-0.15, -0.1) is 0 Å². The van der Waals surface area contributed by atoms with Crippen LogP contribution >= 0.6 is 0 Å². The topological polar surface area (TPSA) is 95.9 Å². The van der Waals surface area contributed by atoms with E-state index in [9.17, 15) is 19.5 Å². The third-order valence-corrected chi connectivity index (χ3v) is 7.17. The minimum absolute atomic E-state index is 0.0716. The van der Waals surface area contributed by atoms with Gasteiger partial charge in [-0.2, -0.15) is 0 Å². The van der Waals surface area contributed by atoms with Gasteiger partial charge in [-0.05, 0) is 48.9 Å². The molecule has 1 saturated heterocycles. The van der Waals surface area contributed by atoms with Crippen LogP contribution in [0.25, 0.3) is 11.1 Å². The summed E-state index contributed by atoms with van der Waals surface area (Å²) in [5, 5.41) is 12.3. The molecule has 7 heteroatoms. The second-order valence-electron chi connectivity index (χ2n) is 9.88. The van der Waals surface area contributed by atoms with Crippen LogP contribution in [0.5, 0.6) is 0 Å². The van der Waals surface area contributed by atoms with Crippen molar-refractivity contribution in [1.29, 1.82) is 0 Å². The summed E-state index contributed by atoms with van der Waals surface area (Å²) in [7, 11) is 0. The van der Waals surface area contributed by atoms with E-state index in [1.165, 1.54) is 4.90 Å². The molecule has 0 aromatic heterocycles. The number of nitrogens with one attached hydrogen (secondary N) is 1. The molecule has 2 atom stereocenters. The van der Waals surface area contributed by atoms with Crippen molar-refractivity contribution < 1.29 is 24.2 Å². The van der Waals surface area contributed by atoms with E-state index < -0.39 is 23.0 Å². The van der Waals surface area contributed by atoms with Gasteiger partial charge in [0.05, 0.1) is 5.41 Å². The SMILES string of the molecule is C[C@H]1CN(C(=O)C(C)(C)NC(=O)OCC2c3ccccc3-c3ccccc32)C[C@]1(C)C(=O)O. The first-order chi connectivity index (χ1) is 15.5. The molecule has 33 heavy (non-hydrogen) atoms. The molecule has 0 bridgehead atoms. The average Bonchev–Trinajstić information content (AvgIpc) is 3.26. The van der Waals surface area contributed by atoms with Crippen LogP contribution in [0.15, 0.2) is 48.5 Å². The van der Waals surface area contributed by atoms with Gasteiger partial charge in [0.2, 0.25) is 5.91 Å². The number of benzene rings is 2. The number of nitrogens with zero attached hydrogens (tertiary/aromatic N) is 1. The van der Waals surface area contributed by atoms with E-state index in [-0.39, 0.29) is 30.9 Å². The number of hydrogen-bond acceptors (Lipinski definition) is 4. The van der Waals surface area contributed by atoms with Gasteiger partial charge in [0.25, 0.3) is 0 Å². The number of rotatable bonds is 5. The summed E-state index contributed by atoms with van der Waals surface area (Å²) in [4.78, 5) is 39.0. The Labute approximate surface area is 193 Å². The summed E-state index contributed by atoms with van der Waals surface area (Å²) in [5.41, 5.74) is 2.27. The van der Waals surface area contributed by atoms with Crippen molar-refractivity contribution in [3.05, 3.63) is 59.7 Å². The highest BCUT2D eigenvalue weighted by Gasteiger charge is 2.50. The van der Waals surface area contributed by atoms with E-state index in [1.807, 2.05) is 43.3 Å². The third kappa shape index (κ3) is 3.96. The monoisotopic (exact) mass is 450 g/mol. The lowest BCUT2D eigenvalue weighted by atomic mass is 9.81. The molecule has 174 valence electrons.